The molecule has 2 atom stereocenters. The lowest BCUT2D eigenvalue weighted by Crippen LogP contribution is -2.35. The smallest absolute Gasteiger partial charge is 0.336 e. The Balaban J connectivity index is 1.51. The molecule has 0 radical (unpaired) electrons. The number of allylic oxidation sites excluding steroid dienone is 3. The van der Waals surface area contributed by atoms with Gasteiger partial charge in [-0.3, -0.25) is 4.79 Å². The summed E-state index contributed by atoms with van der Waals surface area (Å²) in [5, 5.41) is 3.31. The van der Waals surface area contributed by atoms with Gasteiger partial charge in [-0.05, 0) is 50.3 Å². The number of carbonyl (C=O) groups excluding carboxylic acids is 2. The SMILES string of the molecule is CC1=C(C(=O)OC[C@H]2CCCO2)[C@H](c2ccc3c(c2)OCO3)C2=C(CCCC2=O)N1. The van der Waals surface area contributed by atoms with Gasteiger partial charge in [0.15, 0.2) is 17.3 Å². The van der Waals surface area contributed by atoms with Crippen LogP contribution in [0.3, 0.4) is 0 Å². The zero-order valence-corrected chi connectivity index (χ0v) is 17.0. The van der Waals surface area contributed by atoms with Crippen LogP contribution in [0.5, 0.6) is 11.5 Å². The van der Waals surface area contributed by atoms with Crippen LogP contribution in [0.25, 0.3) is 0 Å². The number of Topliss-reactive ketones (excluding diaryl/α,β-unsaturated/α-hetero) is 1. The van der Waals surface area contributed by atoms with E-state index in [0.717, 1.165) is 42.6 Å². The Bertz CT molecular complexity index is 956. The molecule has 7 heteroatoms. The molecule has 0 unspecified atom stereocenters. The van der Waals surface area contributed by atoms with Gasteiger partial charge in [0.1, 0.15) is 6.61 Å². The third-order valence-corrected chi connectivity index (χ3v) is 6.15. The quantitative estimate of drug-likeness (QED) is 0.762. The fourth-order valence-corrected chi connectivity index (χ4v) is 4.70. The Kier molecular flexibility index (Phi) is 4.98. The third-order valence-electron chi connectivity index (χ3n) is 6.15. The van der Waals surface area contributed by atoms with Crippen LogP contribution in [0, 0.1) is 0 Å². The van der Waals surface area contributed by atoms with Crippen molar-refractivity contribution in [3.05, 3.63) is 46.3 Å². The predicted molar refractivity (Wildman–Crippen MR) is 107 cm³/mol. The molecule has 1 N–H and O–H groups in total. The van der Waals surface area contributed by atoms with Gasteiger partial charge in [-0.15, -0.1) is 0 Å². The van der Waals surface area contributed by atoms with Gasteiger partial charge in [-0.1, -0.05) is 6.07 Å². The Labute approximate surface area is 175 Å². The lowest BCUT2D eigenvalue weighted by Gasteiger charge is -2.34. The topological polar surface area (TPSA) is 83.1 Å². The first-order valence-electron chi connectivity index (χ1n) is 10.5. The molecule has 1 saturated heterocycles. The van der Waals surface area contributed by atoms with Crippen molar-refractivity contribution in [3.8, 4) is 11.5 Å². The molecule has 0 saturated carbocycles. The Morgan fingerprint density at radius 1 is 1.20 bits per heavy atom. The second-order valence-electron chi connectivity index (χ2n) is 8.11. The van der Waals surface area contributed by atoms with E-state index >= 15 is 0 Å². The largest absolute Gasteiger partial charge is 0.459 e. The van der Waals surface area contributed by atoms with E-state index in [1.165, 1.54) is 0 Å². The van der Waals surface area contributed by atoms with Crippen LogP contribution in [-0.2, 0) is 19.1 Å². The summed E-state index contributed by atoms with van der Waals surface area (Å²) in [5.41, 5.74) is 3.59. The minimum Gasteiger partial charge on any atom is -0.459 e. The average Bonchev–Trinajstić information content (AvgIpc) is 3.42. The summed E-state index contributed by atoms with van der Waals surface area (Å²) in [4.78, 5) is 26.1. The van der Waals surface area contributed by atoms with Crippen molar-refractivity contribution in [2.75, 3.05) is 20.0 Å². The minimum atomic E-state index is -0.486. The van der Waals surface area contributed by atoms with Crippen LogP contribution in [0.2, 0.25) is 0 Å². The molecule has 1 aliphatic carbocycles. The van der Waals surface area contributed by atoms with Crippen LogP contribution in [0.4, 0.5) is 0 Å². The van der Waals surface area contributed by atoms with Gasteiger partial charge in [0.25, 0.3) is 0 Å². The summed E-state index contributed by atoms with van der Waals surface area (Å²) in [7, 11) is 0. The lowest BCUT2D eigenvalue weighted by atomic mass is 9.75. The van der Waals surface area contributed by atoms with E-state index in [9.17, 15) is 9.59 Å². The van der Waals surface area contributed by atoms with Gasteiger partial charge in [-0.2, -0.15) is 0 Å². The van der Waals surface area contributed by atoms with Crippen LogP contribution >= 0.6 is 0 Å². The molecule has 0 amide bonds. The molecule has 1 aromatic carbocycles. The monoisotopic (exact) mass is 411 g/mol. The zero-order valence-electron chi connectivity index (χ0n) is 17.0. The molecule has 0 aromatic heterocycles. The molecule has 4 aliphatic rings. The van der Waals surface area contributed by atoms with E-state index in [1.807, 2.05) is 25.1 Å². The van der Waals surface area contributed by atoms with E-state index in [1.54, 1.807) is 0 Å². The number of hydrogen-bond donors (Lipinski definition) is 1. The number of dihydropyridines is 1. The summed E-state index contributed by atoms with van der Waals surface area (Å²) in [6.45, 7) is 2.97. The molecule has 158 valence electrons. The van der Waals surface area contributed by atoms with E-state index < -0.39 is 11.9 Å². The normalized spacial score (nSPS) is 25.3. The molecule has 3 heterocycles. The highest BCUT2D eigenvalue weighted by molar-refractivity contribution is 6.03. The van der Waals surface area contributed by atoms with Crippen molar-refractivity contribution in [3.63, 3.8) is 0 Å². The number of esters is 1. The van der Waals surface area contributed by atoms with Gasteiger partial charge in [0.05, 0.1) is 11.7 Å². The Morgan fingerprint density at radius 3 is 2.90 bits per heavy atom. The van der Waals surface area contributed by atoms with Crippen LogP contribution in [0.15, 0.2) is 40.7 Å². The van der Waals surface area contributed by atoms with Gasteiger partial charge < -0.3 is 24.3 Å². The molecule has 5 rings (SSSR count). The third kappa shape index (κ3) is 3.37. The number of ketones is 1. The summed E-state index contributed by atoms with van der Waals surface area (Å²) < 4.78 is 22.2. The standard InChI is InChI=1S/C23H25NO6/c1-13-20(23(26)28-11-15-4-3-9-27-15)21(22-16(24-13)5-2-6-17(22)25)14-7-8-18-19(10-14)30-12-29-18/h7-8,10,15,21,24H,2-6,9,11-12H2,1H3/t15-,21+/m1/s1. The zero-order chi connectivity index (χ0) is 20.7. The van der Waals surface area contributed by atoms with Crippen molar-refractivity contribution in [2.24, 2.45) is 0 Å². The number of fused-ring (bicyclic) bond motifs is 1. The Morgan fingerprint density at radius 2 is 2.07 bits per heavy atom. The van der Waals surface area contributed by atoms with Gasteiger partial charge in [-0.25, -0.2) is 4.79 Å². The van der Waals surface area contributed by atoms with E-state index in [0.29, 0.717) is 35.7 Å². The summed E-state index contributed by atoms with van der Waals surface area (Å²) in [5.74, 6) is 0.466. The Hall–Kier alpha value is -2.80. The first kappa shape index (κ1) is 19.2. The molecule has 1 fully saturated rings. The molecular formula is C23H25NO6. The van der Waals surface area contributed by atoms with Gasteiger partial charge in [0, 0.05) is 35.9 Å². The van der Waals surface area contributed by atoms with Crippen LogP contribution < -0.4 is 14.8 Å². The van der Waals surface area contributed by atoms with Gasteiger partial charge in [0.2, 0.25) is 6.79 Å². The summed E-state index contributed by atoms with van der Waals surface area (Å²) in [6, 6.07) is 5.60. The maximum atomic E-state index is 13.2. The van der Waals surface area contributed by atoms with Crippen molar-refractivity contribution in [1.29, 1.82) is 0 Å². The average molecular weight is 411 g/mol. The molecular weight excluding hydrogens is 386 g/mol. The number of benzene rings is 1. The van der Waals surface area contributed by atoms with Crippen molar-refractivity contribution >= 4 is 11.8 Å². The highest BCUT2D eigenvalue weighted by Gasteiger charge is 2.39. The van der Waals surface area contributed by atoms with E-state index in [-0.39, 0.29) is 25.3 Å². The maximum Gasteiger partial charge on any atom is 0.336 e. The lowest BCUT2D eigenvalue weighted by molar-refractivity contribution is -0.142. The molecule has 30 heavy (non-hydrogen) atoms. The minimum absolute atomic E-state index is 0.0542. The first-order chi connectivity index (χ1) is 14.6. The number of rotatable bonds is 4. The summed E-state index contributed by atoms with van der Waals surface area (Å²) >= 11 is 0. The van der Waals surface area contributed by atoms with Crippen LogP contribution in [0.1, 0.15) is 50.5 Å². The molecule has 1 aromatic rings. The van der Waals surface area contributed by atoms with Gasteiger partial charge >= 0.3 is 5.97 Å². The second kappa shape index (κ2) is 7.80. The maximum absolute atomic E-state index is 13.2. The number of carbonyl (C=O) groups is 2. The number of nitrogens with one attached hydrogen (secondary N) is 1. The highest BCUT2D eigenvalue weighted by atomic mass is 16.7. The van der Waals surface area contributed by atoms with Crippen LogP contribution in [-0.4, -0.2) is 37.9 Å². The molecule has 7 nitrogen and oxygen atoms in total. The van der Waals surface area contributed by atoms with Crippen molar-refractivity contribution < 1.29 is 28.5 Å². The molecule has 0 spiro atoms. The molecule has 3 aliphatic heterocycles. The fraction of sp³-hybridized carbons (Fsp3) is 0.478. The first-order valence-corrected chi connectivity index (χ1v) is 10.5. The van der Waals surface area contributed by atoms with E-state index in [2.05, 4.69) is 5.32 Å². The number of ether oxygens (including phenoxy) is 4. The highest BCUT2D eigenvalue weighted by Crippen LogP contribution is 2.45. The molecule has 0 bridgehead atoms. The van der Waals surface area contributed by atoms with E-state index in [4.69, 9.17) is 18.9 Å². The second-order valence-corrected chi connectivity index (χ2v) is 8.11. The number of hydrogen-bond acceptors (Lipinski definition) is 7. The fourth-order valence-electron chi connectivity index (χ4n) is 4.70. The van der Waals surface area contributed by atoms with Crippen molar-refractivity contribution in [2.45, 2.75) is 51.0 Å². The van der Waals surface area contributed by atoms with Crippen molar-refractivity contribution in [1.82, 2.24) is 5.32 Å². The summed E-state index contributed by atoms with van der Waals surface area (Å²) in [6.07, 6.45) is 3.90. The predicted octanol–water partition coefficient (Wildman–Crippen LogP) is 3.11.